The fourth-order valence-electron chi connectivity index (χ4n) is 1.87. The van der Waals surface area contributed by atoms with E-state index in [1.165, 1.54) is 11.3 Å². The third kappa shape index (κ3) is 3.62. The van der Waals surface area contributed by atoms with Crippen LogP contribution in [0.5, 0.6) is 0 Å². The van der Waals surface area contributed by atoms with E-state index < -0.39 is 17.9 Å². The Morgan fingerprint density at radius 2 is 1.91 bits per heavy atom. The maximum absolute atomic E-state index is 12.1. The summed E-state index contributed by atoms with van der Waals surface area (Å²) < 4.78 is 0. The van der Waals surface area contributed by atoms with E-state index in [2.05, 4.69) is 10.3 Å². The summed E-state index contributed by atoms with van der Waals surface area (Å²) in [5, 5.41) is 13.9. The monoisotopic (exact) mass is 319 g/mol. The van der Waals surface area contributed by atoms with E-state index >= 15 is 0 Å². The van der Waals surface area contributed by atoms with Gasteiger partial charge in [-0.05, 0) is 30.2 Å². The van der Waals surface area contributed by atoms with Gasteiger partial charge in [0.05, 0.1) is 0 Å². The lowest BCUT2D eigenvalue weighted by Gasteiger charge is -2.16. The largest absolute Gasteiger partial charge is 0.480 e. The number of nitrogens with two attached hydrogens (primary N) is 1. The van der Waals surface area contributed by atoms with Crippen molar-refractivity contribution in [2.45, 2.75) is 19.9 Å². The number of hydrogen-bond donors (Lipinski definition) is 3. The van der Waals surface area contributed by atoms with Gasteiger partial charge in [-0.25, -0.2) is 9.78 Å². The van der Waals surface area contributed by atoms with Crippen molar-refractivity contribution in [1.82, 2.24) is 10.3 Å². The first-order chi connectivity index (χ1) is 10.4. The molecular weight excluding hydrogens is 302 g/mol. The van der Waals surface area contributed by atoms with Crippen LogP contribution in [0.25, 0.3) is 10.6 Å². The number of carbonyl (C=O) groups excluding carboxylic acids is 1. The van der Waals surface area contributed by atoms with E-state index in [1.54, 1.807) is 31.4 Å². The minimum atomic E-state index is -1.06. The van der Waals surface area contributed by atoms with Gasteiger partial charge in [0, 0.05) is 16.6 Å². The van der Waals surface area contributed by atoms with Crippen LogP contribution in [0.3, 0.4) is 0 Å². The van der Waals surface area contributed by atoms with Gasteiger partial charge < -0.3 is 16.2 Å². The van der Waals surface area contributed by atoms with E-state index in [0.717, 1.165) is 5.56 Å². The molecule has 2 rings (SSSR count). The first kappa shape index (κ1) is 16.0. The quantitative estimate of drug-likeness (QED) is 0.733. The van der Waals surface area contributed by atoms with Gasteiger partial charge in [0.2, 0.25) is 0 Å². The molecule has 4 N–H and O–H groups in total. The summed E-state index contributed by atoms with van der Waals surface area (Å²) in [5.41, 5.74) is 7.36. The average Bonchev–Trinajstić information content (AvgIpc) is 2.94. The highest BCUT2D eigenvalue weighted by atomic mass is 32.1. The minimum absolute atomic E-state index is 0.211. The van der Waals surface area contributed by atoms with Gasteiger partial charge in [-0.1, -0.05) is 13.8 Å². The summed E-state index contributed by atoms with van der Waals surface area (Å²) in [4.78, 5) is 27.5. The zero-order valence-electron chi connectivity index (χ0n) is 12.2. The molecule has 0 saturated heterocycles. The second kappa shape index (κ2) is 6.57. The van der Waals surface area contributed by atoms with Crippen molar-refractivity contribution >= 4 is 28.9 Å². The van der Waals surface area contributed by atoms with Gasteiger partial charge in [0.15, 0.2) is 0 Å². The number of anilines is 1. The minimum Gasteiger partial charge on any atom is -0.480 e. The smallest absolute Gasteiger partial charge is 0.326 e. The molecular formula is C15H17N3O3S. The van der Waals surface area contributed by atoms with Gasteiger partial charge in [-0.3, -0.25) is 4.79 Å². The number of hydrogen-bond acceptors (Lipinski definition) is 5. The van der Waals surface area contributed by atoms with Crippen LogP contribution < -0.4 is 11.1 Å². The van der Waals surface area contributed by atoms with Gasteiger partial charge in [0.25, 0.3) is 5.91 Å². The highest BCUT2D eigenvalue weighted by Gasteiger charge is 2.25. The van der Waals surface area contributed by atoms with Crippen molar-refractivity contribution in [3.05, 3.63) is 35.3 Å². The Morgan fingerprint density at radius 1 is 1.27 bits per heavy atom. The number of carbonyl (C=O) groups is 2. The molecule has 0 aliphatic rings. The Morgan fingerprint density at radius 3 is 2.45 bits per heavy atom. The average molecular weight is 319 g/mol. The number of aliphatic carboxylic acids is 1. The SMILES string of the molecule is CC(C)C(NC(=O)c1csc(-c2ccc(N)cc2)n1)C(=O)O. The number of rotatable bonds is 5. The molecule has 1 aromatic heterocycles. The Labute approximate surface area is 132 Å². The molecule has 0 bridgehead atoms. The standard InChI is InChI=1S/C15H17N3O3S/c1-8(2)12(15(20)21)18-13(19)11-7-22-14(17-11)9-3-5-10(16)6-4-9/h3-8,12H,16H2,1-2H3,(H,18,19)(H,20,21). The predicted molar refractivity (Wildman–Crippen MR) is 85.7 cm³/mol. The summed E-state index contributed by atoms with van der Waals surface area (Å²) in [7, 11) is 0. The number of nitrogen functional groups attached to an aromatic ring is 1. The molecule has 6 nitrogen and oxygen atoms in total. The maximum Gasteiger partial charge on any atom is 0.326 e. The van der Waals surface area contributed by atoms with Crippen molar-refractivity contribution in [3.63, 3.8) is 0 Å². The van der Waals surface area contributed by atoms with Crippen LogP contribution in [-0.2, 0) is 4.79 Å². The number of nitrogens with one attached hydrogen (secondary N) is 1. The first-order valence-electron chi connectivity index (χ1n) is 6.73. The predicted octanol–water partition coefficient (Wildman–Crippen LogP) is 2.23. The van der Waals surface area contributed by atoms with Crippen LogP contribution in [0, 0.1) is 5.92 Å². The van der Waals surface area contributed by atoms with Crippen molar-refractivity contribution in [1.29, 1.82) is 0 Å². The van der Waals surface area contributed by atoms with Crippen LogP contribution in [0.4, 0.5) is 5.69 Å². The number of carboxylic acid groups (broad SMARTS) is 1. The lowest BCUT2D eigenvalue weighted by atomic mass is 10.0. The Hall–Kier alpha value is -2.41. The third-order valence-electron chi connectivity index (χ3n) is 3.11. The molecule has 1 atom stereocenters. The van der Waals surface area contributed by atoms with Gasteiger partial charge in [-0.2, -0.15) is 0 Å². The maximum atomic E-state index is 12.1. The Bertz CT molecular complexity index is 680. The molecule has 7 heteroatoms. The van der Waals surface area contributed by atoms with Gasteiger partial charge >= 0.3 is 5.97 Å². The second-order valence-corrected chi connectivity index (χ2v) is 6.05. The summed E-state index contributed by atoms with van der Waals surface area (Å²) in [6.07, 6.45) is 0. The number of aromatic nitrogens is 1. The van der Waals surface area contributed by atoms with Crippen LogP contribution in [-0.4, -0.2) is 28.0 Å². The molecule has 0 saturated carbocycles. The van der Waals surface area contributed by atoms with Gasteiger partial charge in [-0.15, -0.1) is 11.3 Å². The van der Waals surface area contributed by atoms with Crippen molar-refractivity contribution in [2.24, 2.45) is 5.92 Å². The van der Waals surface area contributed by atoms with Crippen molar-refractivity contribution < 1.29 is 14.7 Å². The molecule has 0 spiro atoms. The van der Waals surface area contributed by atoms with E-state index in [0.29, 0.717) is 10.7 Å². The van der Waals surface area contributed by atoms with Crippen LogP contribution in [0.1, 0.15) is 24.3 Å². The summed E-state index contributed by atoms with van der Waals surface area (Å²) in [5.74, 6) is -1.76. The fraction of sp³-hybridized carbons (Fsp3) is 0.267. The Kier molecular flexibility index (Phi) is 4.77. The highest BCUT2D eigenvalue weighted by Crippen LogP contribution is 2.24. The topological polar surface area (TPSA) is 105 Å². The number of carboxylic acids is 1. The fourth-order valence-corrected chi connectivity index (χ4v) is 2.67. The number of amides is 1. The molecule has 1 unspecified atom stereocenters. The molecule has 0 aliphatic carbocycles. The van der Waals surface area contributed by atoms with Crippen molar-refractivity contribution in [3.8, 4) is 10.6 Å². The molecule has 116 valence electrons. The van der Waals surface area contributed by atoms with Gasteiger partial charge in [0.1, 0.15) is 16.7 Å². The molecule has 2 aromatic rings. The Balaban J connectivity index is 2.15. The van der Waals surface area contributed by atoms with E-state index in [4.69, 9.17) is 10.8 Å². The molecule has 1 amide bonds. The molecule has 0 radical (unpaired) electrons. The third-order valence-corrected chi connectivity index (χ3v) is 4.01. The number of thiazole rings is 1. The zero-order chi connectivity index (χ0) is 16.3. The van der Waals surface area contributed by atoms with Crippen LogP contribution >= 0.6 is 11.3 Å². The summed E-state index contributed by atoms with van der Waals surface area (Å²) >= 11 is 1.32. The molecule has 1 heterocycles. The lowest BCUT2D eigenvalue weighted by Crippen LogP contribution is -2.44. The molecule has 1 aromatic carbocycles. The number of nitrogens with zero attached hydrogens (tertiary/aromatic N) is 1. The lowest BCUT2D eigenvalue weighted by molar-refractivity contribution is -0.140. The normalized spacial score (nSPS) is 12.1. The van der Waals surface area contributed by atoms with E-state index in [9.17, 15) is 9.59 Å². The highest BCUT2D eigenvalue weighted by molar-refractivity contribution is 7.13. The molecule has 22 heavy (non-hydrogen) atoms. The zero-order valence-corrected chi connectivity index (χ0v) is 13.1. The second-order valence-electron chi connectivity index (χ2n) is 5.19. The van der Waals surface area contributed by atoms with Crippen molar-refractivity contribution in [2.75, 3.05) is 5.73 Å². The molecule has 0 fully saturated rings. The van der Waals surface area contributed by atoms with Crippen LogP contribution in [0.2, 0.25) is 0 Å². The van der Waals surface area contributed by atoms with E-state index in [1.807, 2.05) is 12.1 Å². The number of benzene rings is 1. The van der Waals surface area contributed by atoms with E-state index in [-0.39, 0.29) is 11.6 Å². The van der Waals surface area contributed by atoms with Crippen LogP contribution in [0.15, 0.2) is 29.6 Å². The summed E-state index contributed by atoms with van der Waals surface area (Å²) in [6.45, 7) is 3.47. The first-order valence-corrected chi connectivity index (χ1v) is 7.61. The summed E-state index contributed by atoms with van der Waals surface area (Å²) in [6, 6.07) is 6.23. The molecule has 0 aliphatic heterocycles.